The SMILES string of the molecule is CN(C)C1=C2C=CC=C2C(C)(C)C1. The predicted molar refractivity (Wildman–Crippen MR) is 56.3 cm³/mol. The normalized spacial score (nSPS) is 23.5. The van der Waals surface area contributed by atoms with E-state index in [1.54, 1.807) is 0 Å². The molecule has 0 aromatic heterocycles. The molecule has 0 saturated heterocycles. The molecule has 0 N–H and O–H groups in total. The minimum atomic E-state index is 0.332. The summed E-state index contributed by atoms with van der Waals surface area (Å²) in [4.78, 5) is 2.24. The molecular formula is C12H17N. The lowest BCUT2D eigenvalue weighted by Gasteiger charge is -2.21. The summed E-state index contributed by atoms with van der Waals surface area (Å²) in [5, 5.41) is 0. The van der Waals surface area contributed by atoms with Gasteiger partial charge in [-0.15, -0.1) is 0 Å². The van der Waals surface area contributed by atoms with Gasteiger partial charge < -0.3 is 4.90 Å². The molecule has 2 aliphatic rings. The molecule has 0 bridgehead atoms. The van der Waals surface area contributed by atoms with Crippen molar-refractivity contribution in [2.45, 2.75) is 20.3 Å². The van der Waals surface area contributed by atoms with Crippen molar-refractivity contribution in [2.24, 2.45) is 5.41 Å². The van der Waals surface area contributed by atoms with E-state index in [0.29, 0.717) is 5.41 Å². The van der Waals surface area contributed by atoms with Crippen molar-refractivity contribution in [3.63, 3.8) is 0 Å². The fraction of sp³-hybridized carbons (Fsp3) is 0.500. The van der Waals surface area contributed by atoms with E-state index in [1.165, 1.54) is 23.3 Å². The van der Waals surface area contributed by atoms with E-state index in [0.717, 1.165) is 0 Å². The van der Waals surface area contributed by atoms with Crippen molar-refractivity contribution in [1.82, 2.24) is 4.90 Å². The molecule has 0 atom stereocenters. The topological polar surface area (TPSA) is 3.24 Å². The number of nitrogens with zero attached hydrogens (tertiary/aromatic N) is 1. The minimum absolute atomic E-state index is 0.332. The molecule has 70 valence electrons. The highest BCUT2D eigenvalue weighted by atomic mass is 15.1. The average Bonchev–Trinajstić information content (AvgIpc) is 2.53. The molecule has 1 heteroatoms. The maximum atomic E-state index is 2.32. The van der Waals surface area contributed by atoms with E-state index in [4.69, 9.17) is 0 Å². The molecule has 13 heavy (non-hydrogen) atoms. The van der Waals surface area contributed by atoms with Gasteiger partial charge in [-0.1, -0.05) is 32.1 Å². The first kappa shape index (κ1) is 8.61. The Labute approximate surface area is 80.4 Å². The van der Waals surface area contributed by atoms with Gasteiger partial charge >= 0.3 is 0 Å². The quantitative estimate of drug-likeness (QED) is 0.592. The van der Waals surface area contributed by atoms with Gasteiger partial charge in [-0.05, 0) is 23.0 Å². The molecule has 0 radical (unpaired) electrons. The Morgan fingerprint density at radius 3 is 2.62 bits per heavy atom. The van der Waals surface area contributed by atoms with Crippen LogP contribution in [0.1, 0.15) is 20.3 Å². The fourth-order valence-electron chi connectivity index (χ4n) is 2.27. The summed E-state index contributed by atoms with van der Waals surface area (Å²) in [6, 6.07) is 0. The lowest BCUT2D eigenvalue weighted by Crippen LogP contribution is -2.14. The van der Waals surface area contributed by atoms with Crippen LogP contribution in [0.2, 0.25) is 0 Å². The van der Waals surface area contributed by atoms with Gasteiger partial charge in [-0.25, -0.2) is 0 Å². The zero-order valence-electron chi connectivity index (χ0n) is 8.89. The van der Waals surface area contributed by atoms with Gasteiger partial charge in [0.2, 0.25) is 0 Å². The highest BCUT2D eigenvalue weighted by Gasteiger charge is 2.36. The molecule has 0 unspecified atom stereocenters. The molecule has 2 rings (SSSR count). The van der Waals surface area contributed by atoms with Crippen LogP contribution in [0.25, 0.3) is 0 Å². The smallest absolute Gasteiger partial charge is 0.0213 e. The largest absolute Gasteiger partial charge is 0.380 e. The Morgan fingerprint density at radius 1 is 1.31 bits per heavy atom. The van der Waals surface area contributed by atoms with Crippen molar-refractivity contribution in [2.75, 3.05) is 14.1 Å². The van der Waals surface area contributed by atoms with Crippen molar-refractivity contribution in [3.05, 3.63) is 35.1 Å². The summed E-state index contributed by atoms with van der Waals surface area (Å²) in [6.07, 6.45) is 7.83. The molecule has 0 fully saturated rings. The van der Waals surface area contributed by atoms with Gasteiger partial charge in [-0.3, -0.25) is 0 Å². The van der Waals surface area contributed by atoms with Crippen molar-refractivity contribution in [1.29, 1.82) is 0 Å². The van der Waals surface area contributed by atoms with Crippen LogP contribution < -0.4 is 0 Å². The second-order valence-corrected chi connectivity index (χ2v) is 4.75. The number of allylic oxidation sites excluding steroid dienone is 6. The monoisotopic (exact) mass is 175 g/mol. The van der Waals surface area contributed by atoms with E-state index >= 15 is 0 Å². The third-order valence-electron chi connectivity index (χ3n) is 3.01. The Kier molecular flexibility index (Phi) is 1.66. The highest BCUT2D eigenvalue weighted by Crippen LogP contribution is 2.48. The van der Waals surface area contributed by atoms with E-state index in [1.807, 2.05) is 0 Å². The second kappa shape index (κ2) is 2.50. The highest BCUT2D eigenvalue weighted by molar-refractivity contribution is 5.57. The van der Waals surface area contributed by atoms with Crippen LogP contribution in [0.3, 0.4) is 0 Å². The van der Waals surface area contributed by atoms with Gasteiger partial charge in [0.25, 0.3) is 0 Å². The van der Waals surface area contributed by atoms with Crippen molar-refractivity contribution >= 4 is 0 Å². The van der Waals surface area contributed by atoms with Gasteiger partial charge in [0, 0.05) is 19.8 Å². The van der Waals surface area contributed by atoms with Crippen LogP contribution in [0.5, 0.6) is 0 Å². The molecular weight excluding hydrogens is 158 g/mol. The van der Waals surface area contributed by atoms with Crippen LogP contribution in [-0.4, -0.2) is 19.0 Å². The molecule has 0 heterocycles. The van der Waals surface area contributed by atoms with Gasteiger partial charge in [-0.2, -0.15) is 0 Å². The fourth-order valence-corrected chi connectivity index (χ4v) is 2.27. The molecule has 0 aromatic rings. The zero-order chi connectivity index (χ0) is 9.64. The van der Waals surface area contributed by atoms with Gasteiger partial charge in [0.15, 0.2) is 0 Å². The van der Waals surface area contributed by atoms with Crippen molar-refractivity contribution in [3.8, 4) is 0 Å². The summed E-state index contributed by atoms with van der Waals surface area (Å²) in [5.41, 5.74) is 4.77. The Morgan fingerprint density at radius 2 is 2.00 bits per heavy atom. The van der Waals surface area contributed by atoms with Crippen LogP contribution in [-0.2, 0) is 0 Å². The van der Waals surface area contributed by atoms with Crippen molar-refractivity contribution < 1.29 is 0 Å². The summed E-state index contributed by atoms with van der Waals surface area (Å²) >= 11 is 0. The van der Waals surface area contributed by atoms with Crippen LogP contribution in [0.15, 0.2) is 35.1 Å². The first-order valence-electron chi connectivity index (χ1n) is 4.82. The lowest BCUT2D eigenvalue weighted by molar-refractivity contribution is 0.408. The maximum absolute atomic E-state index is 2.32. The van der Waals surface area contributed by atoms with E-state index in [-0.39, 0.29) is 0 Å². The number of rotatable bonds is 1. The first-order chi connectivity index (χ1) is 6.02. The van der Waals surface area contributed by atoms with E-state index < -0.39 is 0 Å². The molecule has 0 aliphatic heterocycles. The van der Waals surface area contributed by atoms with Gasteiger partial charge in [0.05, 0.1) is 0 Å². The minimum Gasteiger partial charge on any atom is -0.380 e. The number of fused-ring (bicyclic) bond motifs is 1. The molecule has 2 aliphatic carbocycles. The third-order valence-corrected chi connectivity index (χ3v) is 3.01. The third kappa shape index (κ3) is 1.14. The van der Waals surface area contributed by atoms with Crippen LogP contribution >= 0.6 is 0 Å². The standard InChI is InChI=1S/C12H17N/c1-12(2)8-11(13(3)4)9-6-5-7-10(9)12/h5-7H,8H2,1-4H3. The Hall–Kier alpha value is -0.980. The Balaban J connectivity index is 2.46. The molecule has 1 nitrogen and oxygen atoms in total. The second-order valence-electron chi connectivity index (χ2n) is 4.75. The van der Waals surface area contributed by atoms with E-state index in [2.05, 4.69) is 51.1 Å². The molecule has 0 spiro atoms. The van der Waals surface area contributed by atoms with Crippen LogP contribution in [0.4, 0.5) is 0 Å². The molecule has 0 aromatic carbocycles. The first-order valence-corrected chi connectivity index (χ1v) is 4.82. The summed E-state index contributed by atoms with van der Waals surface area (Å²) in [6.45, 7) is 4.64. The molecule has 0 amide bonds. The molecule has 0 saturated carbocycles. The lowest BCUT2D eigenvalue weighted by atomic mass is 9.85. The number of hydrogen-bond donors (Lipinski definition) is 0. The maximum Gasteiger partial charge on any atom is 0.0213 e. The summed E-state index contributed by atoms with van der Waals surface area (Å²) in [7, 11) is 4.26. The summed E-state index contributed by atoms with van der Waals surface area (Å²) in [5.74, 6) is 0. The number of hydrogen-bond acceptors (Lipinski definition) is 1. The average molecular weight is 175 g/mol. The predicted octanol–water partition coefficient (Wildman–Crippen LogP) is 2.73. The van der Waals surface area contributed by atoms with Gasteiger partial charge in [0.1, 0.15) is 0 Å². The zero-order valence-corrected chi connectivity index (χ0v) is 8.89. The van der Waals surface area contributed by atoms with E-state index in [9.17, 15) is 0 Å². The van der Waals surface area contributed by atoms with Crippen LogP contribution in [0, 0.1) is 5.41 Å². The Bertz CT molecular complexity index is 327. The summed E-state index contributed by atoms with van der Waals surface area (Å²) < 4.78 is 0.